The van der Waals surface area contributed by atoms with Crippen LogP contribution < -0.4 is 20.2 Å². The molecule has 152 valence electrons. The molecule has 0 fully saturated rings. The summed E-state index contributed by atoms with van der Waals surface area (Å²) < 4.78 is 10.2. The van der Waals surface area contributed by atoms with Crippen molar-refractivity contribution in [3.05, 3.63) is 57.6 Å². The number of hydrogen-bond donors (Lipinski definition) is 3. The molecule has 11 heteroatoms. The number of aromatic hydroxyl groups is 1. The molecule has 2 rings (SSSR count). The fraction of sp³-hybridized carbons (Fsp3) is 0.167. The zero-order valence-corrected chi connectivity index (χ0v) is 15.5. The molecule has 2 aromatic rings. The number of nitro benzene ring substituents is 1. The summed E-state index contributed by atoms with van der Waals surface area (Å²) in [5, 5.41) is 26.4. The van der Waals surface area contributed by atoms with Crippen LogP contribution in [0.5, 0.6) is 17.2 Å². The summed E-state index contributed by atoms with van der Waals surface area (Å²) in [7, 11) is 2.90. The van der Waals surface area contributed by atoms with Gasteiger partial charge in [0.2, 0.25) is 0 Å². The Balaban J connectivity index is 1.94. The van der Waals surface area contributed by atoms with Gasteiger partial charge in [-0.25, -0.2) is 5.43 Å². The van der Waals surface area contributed by atoms with Crippen LogP contribution >= 0.6 is 0 Å². The van der Waals surface area contributed by atoms with E-state index in [0.29, 0.717) is 11.5 Å². The van der Waals surface area contributed by atoms with E-state index >= 15 is 0 Å². The number of carbonyl (C=O) groups is 2. The Morgan fingerprint density at radius 1 is 1.17 bits per heavy atom. The maximum absolute atomic E-state index is 12.1. The number of hydrazone groups is 1. The number of hydrogen-bond acceptors (Lipinski definition) is 8. The van der Waals surface area contributed by atoms with Crippen LogP contribution in [0, 0.1) is 10.1 Å². The van der Waals surface area contributed by atoms with Crippen molar-refractivity contribution >= 4 is 23.7 Å². The summed E-state index contributed by atoms with van der Waals surface area (Å²) in [5.74, 6) is -0.545. The first-order valence-corrected chi connectivity index (χ1v) is 8.15. The Hall–Kier alpha value is -4.15. The summed E-state index contributed by atoms with van der Waals surface area (Å²) in [6.45, 7) is -0.382. The van der Waals surface area contributed by atoms with Crippen molar-refractivity contribution in [1.82, 2.24) is 10.7 Å². The topological polar surface area (TPSA) is 152 Å². The first kappa shape index (κ1) is 21.2. The zero-order chi connectivity index (χ0) is 21.4. The Bertz CT molecular complexity index is 959. The van der Waals surface area contributed by atoms with Crippen LogP contribution in [0.15, 0.2) is 41.5 Å². The summed E-state index contributed by atoms with van der Waals surface area (Å²) >= 11 is 0. The maximum Gasteiger partial charge on any atom is 0.278 e. The minimum absolute atomic E-state index is 0.00432. The third-order valence-electron chi connectivity index (χ3n) is 3.66. The highest BCUT2D eigenvalue weighted by Crippen LogP contribution is 2.27. The molecular formula is C18H18N4O7. The van der Waals surface area contributed by atoms with E-state index in [2.05, 4.69) is 15.8 Å². The quantitative estimate of drug-likeness (QED) is 0.341. The molecule has 0 aliphatic heterocycles. The molecule has 3 N–H and O–H groups in total. The molecule has 0 saturated heterocycles. The lowest BCUT2D eigenvalue weighted by Crippen LogP contribution is -2.34. The normalized spacial score (nSPS) is 10.4. The lowest BCUT2D eigenvalue weighted by molar-refractivity contribution is -0.385. The number of phenols is 1. The number of benzene rings is 2. The highest BCUT2D eigenvalue weighted by molar-refractivity contribution is 5.97. The molecule has 0 aliphatic rings. The number of carbonyl (C=O) groups excluding carboxylic acids is 2. The van der Waals surface area contributed by atoms with Gasteiger partial charge in [-0.1, -0.05) is 0 Å². The maximum atomic E-state index is 12.1. The van der Waals surface area contributed by atoms with Gasteiger partial charge in [0.05, 0.1) is 37.5 Å². The van der Waals surface area contributed by atoms with E-state index in [9.17, 15) is 24.8 Å². The summed E-state index contributed by atoms with van der Waals surface area (Å²) in [4.78, 5) is 34.2. The molecule has 0 radical (unpaired) electrons. The van der Waals surface area contributed by atoms with Gasteiger partial charge in [0.1, 0.15) is 5.75 Å². The van der Waals surface area contributed by atoms with Crippen LogP contribution in [-0.2, 0) is 4.79 Å². The van der Waals surface area contributed by atoms with Gasteiger partial charge in [-0.05, 0) is 30.3 Å². The van der Waals surface area contributed by atoms with Gasteiger partial charge in [-0.3, -0.25) is 19.7 Å². The van der Waals surface area contributed by atoms with Gasteiger partial charge in [-0.2, -0.15) is 5.10 Å². The highest BCUT2D eigenvalue weighted by atomic mass is 16.6. The van der Waals surface area contributed by atoms with E-state index < -0.39 is 16.7 Å². The van der Waals surface area contributed by atoms with Crippen molar-refractivity contribution in [3.63, 3.8) is 0 Å². The Labute approximate surface area is 165 Å². The van der Waals surface area contributed by atoms with E-state index in [4.69, 9.17) is 9.47 Å². The van der Waals surface area contributed by atoms with Crippen molar-refractivity contribution in [3.8, 4) is 17.2 Å². The summed E-state index contributed by atoms with van der Waals surface area (Å²) in [5.41, 5.74) is 2.10. The van der Waals surface area contributed by atoms with Crippen molar-refractivity contribution in [2.45, 2.75) is 0 Å². The Morgan fingerprint density at radius 3 is 2.55 bits per heavy atom. The van der Waals surface area contributed by atoms with Crippen LogP contribution in [0.4, 0.5) is 5.69 Å². The first-order chi connectivity index (χ1) is 13.8. The largest absolute Gasteiger partial charge is 0.508 e. The molecule has 0 aliphatic carbocycles. The van der Waals surface area contributed by atoms with Gasteiger partial charge in [0.25, 0.3) is 17.5 Å². The number of amides is 2. The SMILES string of the molecule is COc1ccc(C(=O)NCC(=O)N/N=C/c2cc(O)ccc2[N+](=O)[O-])cc1OC. The van der Waals surface area contributed by atoms with Gasteiger partial charge in [-0.15, -0.1) is 0 Å². The van der Waals surface area contributed by atoms with Crippen molar-refractivity contribution < 1.29 is 29.1 Å². The summed E-state index contributed by atoms with van der Waals surface area (Å²) in [6.07, 6.45) is 1.02. The molecule has 0 unspecified atom stereocenters. The second-order valence-corrected chi connectivity index (χ2v) is 5.55. The second-order valence-electron chi connectivity index (χ2n) is 5.55. The predicted molar refractivity (Wildman–Crippen MR) is 102 cm³/mol. The smallest absolute Gasteiger partial charge is 0.278 e. The minimum Gasteiger partial charge on any atom is -0.508 e. The predicted octanol–water partition coefficient (Wildman–Crippen LogP) is 1.20. The average Bonchev–Trinajstić information content (AvgIpc) is 2.71. The number of methoxy groups -OCH3 is 2. The number of nitro groups is 1. The molecule has 11 nitrogen and oxygen atoms in total. The van der Waals surface area contributed by atoms with Gasteiger partial charge >= 0.3 is 0 Å². The third-order valence-corrected chi connectivity index (χ3v) is 3.66. The van der Waals surface area contributed by atoms with Crippen molar-refractivity contribution in [2.75, 3.05) is 20.8 Å². The molecule has 0 aromatic heterocycles. The molecule has 2 amide bonds. The monoisotopic (exact) mass is 402 g/mol. The van der Waals surface area contributed by atoms with Gasteiger partial charge < -0.3 is 19.9 Å². The minimum atomic E-state index is -0.655. The van der Waals surface area contributed by atoms with Crippen LogP contribution in [0.1, 0.15) is 15.9 Å². The molecular weight excluding hydrogens is 384 g/mol. The standard InChI is InChI=1S/C18H18N4O7/c1-28-15-6-3-11(8-16(15)29-2)18(25)19-10-17(24)21-20-9-12-7-13(23)4-5-14(12)22(26)27/h3-9,23H,10H2,1-2H3,(H,19,25)(H,21,24)/b20-9+. The molecule has 29 heavy (non-hydrogen) atoms. The van der Waals surface area contributed by atoms with E-state index in [0.717, 1.165) is 24.4 Å². The molecule has 0 atom stereocenters. The van der Waals surface area contributed by atoms with E-state index in [-0.39, 0.29) is 29.1 Å². The average molecular weight is 402 g/mol. The van der Waals surface area contributed by atoms with Crippen LogP contribution in [-0.4, -0.2) is 48.8 Å². The number of rotatable bonds is 8. The van der Waals surface area contributed by atoms with E-state index in [1.165, 1.54) is 26.4 Å². The lowest BCUT2D eigenvalue weighted by Gasteiger charge is -2.09. The molecule has 2 aromatic carbocycles. The van der Waals surface area contributed by atoms with Gasteiger partial charge in [0, 0.05) is 11.6 Å². The Kier molecular flexibility index (Phi) is 7.07. The number of nitrogens with zero attached hydrogens (tertiary/aromatic N) is 2. The van der Waals surface area contributed by atoms with Crippen LogP contribution in [0.2, 0.25) is 0 Å². The first-order valence-electron chi connectivity index (χ1n) is 8.15. The fourth-order valence-electron chi connectivity index (χ4n) is 2.27. The van der Waals surface area contributed by atoms with Crippen LogP contribution in [0.3, 0.4) is 0 Å². The molecule has 0 spiro atoms. The zero-order valence-electron chi connectivity index (χ0n) is 15.5. The second kappa shape index (κ2) is 9.69. The third kappa shape index (κ3) is 5.66. The number of ether oxygens (including phenoxy) is 2. The molecule has 0 bridgehead atoms. The van der Waals surface area contributed by atoms with E-state index in [1.54, 1.807) is 6.07 Å². The number of nitrogens with one attached hydrogen (secondary N) is 2. The molecule has 0 heterocycles. The van der Waals surface area contributed by atoms with E-state index in [1.807, 2.05) is 0 Å². The summed E-state index contributed by atoms with van der Waals surface area (Å²) in [6, 6.07) is 7.94. The Morgan fingerprint density at radius 2 is 1.90 bits per heavy atom. The highest BCUT2D eigenvalue weighted by Gasteiger charge is 2.13. The van der Waals surface area contributed by atoms with Gasteiger partial charge in [0.15, 0.2) is 11.5 Å². The van der Waals surface area contributed by atoms with Crippen molar-refractivity contribution in [2.24, 2.45) is 5.10 Å². The van der Waals surface area contributed by atoms with Crippen LogP contribution in [0.25, 0.3) is 0 Å². The lowest BCUT2D eigenvalue weighted by atomic mass is 10.2. The van der Waals surface area contributed by atoms with Crippen molar-refractivity contribution in [1.29, 1.82) is 0 Å². The fourth-order valence-corrected chi connectivity index (χ4v) is 2.27. The number of phenolic OH excluding ortho intramolecular Hbond substituents is 1. The molecule has 0 saturated carbocycles.